The summed E-state index contributed by atoms with van der Waals surface area (Å²) in [4.78, 5) is 5.36. The molecular weight excluding hydrogens is 639 g/mol. The van der Waals surface area contributed by atoms with E-state index in [1.165, 1.54) is 59.1 Å². The first-order valence-electron chi connectivity index (χ1n) is 17.4. The lowest BCUT2D eigenvalue weighted by Gasteiger charge is -2.39. The van der Waals surface area contributed by atoms with E-state index in [1.54, 1.807) is 0 Å². The topological polar surface area (TPSA) is 22.1 Å². The van der Waals surface area contributed by atoms with E-state index in [2.05, 4.69) is 176 Å². The van der Waals surface area contributed by atoms with Crippen molar-refractivity contribution in [1.29, 1.82) is 0 Å². The quantitative estimate of drug-likeness (QED) is 0.187. The van der Waals surface area contributed by atoms with Crippen LogP contribution < -0.4 is 4.74 Å². The van der Waals surface area contributed by atoms with Crippen molar-refractivity contribution < 1.29 is 4.74 Å². The zero-order valence-electron chi connectivity index (χ0n) is 27.5. The normalized spacial score (nSPS) is 13.4. The molecule has 0 unspecified atom stereocenters. The summed E-state index contributed by atoms with van der Waals surface area (Å²) in [7, 11) is 0. The van der Waals surface area contributed by atoms with Crippen LogP contribution in [0.3, 0.4) is 0 Å². The molecule has 3 heterocycles. The number of para-hydroxylation sites is 1. The molecule has 0 bridgehead atoms. The van der Waals surface area contributed by atoms with Crippen molar-refractivity contribution in [2.45, 2.75) is 5.41 Å². The second-order valence-corrected chi connectivity index (χ2v) is 14.5. The van der Waals surface area contributed by atoms with Crippen molar-refractivity contribution in [3.63, 3.8) is 0 Å². The third kappa shape index (κ3) is 4.07. The third-order valence-electron chi connectivity index (χ3n) is 10.7. The van der Waals surface area contributed by atoms with E-state index in [0.717, 1.165) is 39.6 Å². The van der Waals surface area contributed by atoms with Crippen molar-refractivity contribution in [1.82, 2.24) is 4.98 Å². The number of ether oxygens (including phenoxy) is 1. The summed E-state index contributed by atoms with van der Waals surface area (Å²) in [6.07, 6.45) is 0. The molecule has 1 aliphatic carbocycles. The van der Waals surface area contributed by atoms with Crippen LogP contribution in [0.1, 0.15) is 22.3 Å². The Kier molecular flexibility index (Phi) is 6.07. The minimum atomic E-state index is -0.513. The van der Waals surface area contributed by atoms with E-state index in [1.807, 2.05) is 11.3 Å². The summed E-state index contributed by atoms with van der Waals surface area (Å²) < 4.78 is 9.27. The maximum absolute atomic E-state index is 6.84. The lowest BCUT2D eigenvalue weighted by molar-refractivity contribution is 0.437. The zero-order chi connectivity index (χ0) is 33.5. The Bertz CT molecular complexity index is 2730. The Morgan fingerprint density at radius 1 is 0.412 bits per heavy atom. The van der Waals surface area contributed by atoms with Gasteiger partial charge in [-0.05, 0) is 69.8 Å². The second kappa shape index (κ2) is 10.9. The SMILES string of the molecule is c1ccc(-c2cc(-c3ccccc3)nc(-c3cccc4sc5cc6c(cc5c34)C3(c4ccccc4O6)c4ccccc4-c4ccccc43)c2)cc1. The molecule has 11 rings (SSSR count). The molecule has 2 aliphatic rings. The molecule has 7 aromatic carbocycles. The highest BCUT2D eigenvalue weighted by molar-refractivity contribution is 7.26. The van der Waals surface area contributed by atoms with Crippen LogP contribution in [0.15, 0.2) is 176 Å². The van der Waals surface area contributed by atoms with Gasteiger partial charge >= 0.3 is 0 Å². The maximum Gasteiger partial charge on any atom is 0.133 e. The molecule has 0 radical (unpaired) electrons. The fourth-order valence-corrected chi connectivity index (χ4v) is 9.75. The van der Waals surface area contributed by atoms with Gasteiger partial charge in [-0.25, -0.2) is 4.98 Å². The van der Waals surface area contributed by atoms with Crippen LogP contribution in [0.2, 0.25) is 0 Å². The van der Waals surface area contributed by atoms with Gasteiger partial charge < -0.3 is 4.74 Å². The number of rotatable bonds is 3. The van der Waals surface area contributed by atoms with Gasteiger partial charge in [0.2, 0.25) is 0 Å². The molecule has 2 aromatic heterocycles. The number of fused-ring (bicyclic) bond motifs is 12. The summed E-state index contributed by atoms with van der Waals surface area (Å²) in [6.45, 7) is 0. The Labute approximate surface area is 299 Å². The Balaban J connectivity index is 1.22. The number of thiophene rings is 1. The van der Waals surface area contributed by atoms with Crippen LogP contribution in [0.25, 0.3) is 64.9 Å². The van der Waals surface area contributed by atoms with E-state index in [0.29, 0.717) is 0 Å². The minimum absolute atomic E-state index is 0.513. The Hall–Kier alpha value is -6.29. The minimum Gasteiger partial charge on any atom is -0.457 e. The molecule has 0 atom stereocenters. The fourth-order valence-electron chi connectivity index (χ4n) is 8.61. The molecule has 0 fully saturated rings. The number of aromatic nitrogens is 1. The maximum atomic E-state index is 6.84. The van der Waals surface area contributed by atoms with Crippen molar-refractivity contribution in [2.24, 2.45) is 0 Å². The van der Waals surface area contributed by atoms with Gasteiger partial charge in [-0.3, -0.25) is 0 Å². The highest BCUT2D eigenvalue weighted by atomic mass is 32.1. The standard InChI is InChI=1S/C48H29NOS/c1-3-14-30(15-4-1)32-26-41(31-16-5-2-6-17-31)49-42(27-32)35-20-13-25-45-47(35)36-28-40-44(29-46(36)51-45)50-43-24-12-11-23-39(43)48(40)37-21-9-7-18-33(37)34-19-8-10-22-38(34)48/h1-29H. The van der Waals surface area contributed by atoms with Gasteiger partial charge in [-0.15, -0.1) is 11.3 Å². The summed E-state index contributed by atoms with van der Waals surface area (Å²) in [5, 5.41) is 2.45. The van der Waals surface area contributed by atoms with Gasteiger partial charge in [0, 0.05) is 42.4 Å². The number of pyridine rings is 1. The summed E-state index contributed by atoms with van der Waals surface area (Å²) in [6, 6.07) is 63.4. The first-order valence-corrected chi connectivity index (χ1v) is 18.2. The molecule has 1 spiro atoms. The zero-order valence-corrected chi connectivity index (χ0v) is 28.3. The van der Waals surface area contributed by atoms with Crippen LogP contribution in [-0.4, -0.2) is 4.98 Å². The van der Waals surface area contributed by atoms with Crippen molar-refractivity contribution >= 4 is 31.5 Å². The van der Waals surface area contributed by atoms with E-state index in [9.17, 15) is 0 Å². The lowest BCUT2D eigenvalue weighted by atomic mass is 9.66. The van der Waals surface area contributed by atoms with E-state index < -0.39 is 5.41 Å². The van der Waals surface area contributed by atoms with Crippen molar-refractivity contribution in [3.8, 4) is 56.3 Å². The highest BCUT2D eigenvalue weighted by Gasteiger charge is 2.51. The molecule has 0 N–H and O–H groups in total. The molecule has 51 heavy (non-hydrogen) atoms. The average molecular weight is 668 g/mol. The van der Waals surface area contributed by atoms with E-state index in [-0.39, 0.29) is 0 Å². The number of nitrogens with zero attached hydrogens (tertiary/aromatic N) is 1. The first-order chi connectivity index (χ1) is 25.3. The van der Waals surface area contributed by atoms with Gasteiger partial charge in [0.15, 0.2) is 0 Å². The average Bonchev–Trinajstić information content (AvgIpc) is 3.71. The smallest absolute Gasteiger partial charge is 0.133 e. The Morgan fingerprint density at radius 2 is 1.02 bits per heavy atom. The summed E-state index contributed by atoms with van der Waals surface area (Å²) >= 11 is 1.82. The summed E-state index contributed by atoms with van der Waals surface area (Å²) in [5.41, 5.74) is 13.5. The molecule has 3 heteroatoms. The molecule has 0 amide bonds. The monoisotopic (exact) mass is 667 g/mol. The molecule has 9 aromatic rings. The van der Waals surface area contributed by atoms with E-state index in [4.69, 9.17) is 9.72 Å². The van der Waals surface area contributed by atoms with Gasteiger partial charge in [-0.1, -0.05) is 140 Å². The van der Waals surface area contributed by atoms with Gasteiger partial charge in [0.25, 0.3) is 0 Å². The number of hydrogen-bond acceptors (Lipinski definition) is 3. The molecule has 238 valence electrons. The van der Waals surface area contributed by atoms with Crippen LogP contribution in [0.5, 0.6) is 11.5 Å². The van der Waals surface area contributed by atoms with Crippen molar-refractivity contribution in [2.75, 3.05) is 0 Å². The van der Waals surface area contributed by atoms with E-state index >= 15 is 0 Å². The Morgan fingerprint density at radius 3 is 1.76 bits per heavy atom. The predicted molar refractivity (Wildman–Crippen MR) is 211 cm³/mol. The molecule has 0 saturated heterocycles. The van der Waals surface area contributed by atoms with Gasteiger partial charge in [0.1, 0.15) is 11.5 Å². The molecule has 2 nitrogen and oxygen atoms in total. The third-order valence-corrected chi connectivity index (χ3v) is 11.9. The van der Waals surface area contributed by atoms with Crippen LogP contribution >= 0.6 is 11.3 Å². The highest BCUT2D eigenvalue weighted by Crippen LogP contribution is 2.63. The predicted octanol–water partition coefficient (Wildman–Crippen LogP) is 12.9. The largest absolute Gasteiger partial charge is 0.457 e. The number of hydrogen-bond donors (Lipinski definition) is 0. The molecule has 0 saturated carbocycles. The van der Waals surface area contributed by atoms with Gasteiger partial charge in [-0.2, -0.15) is 0 Å². The fraction of sp³-hybridized carbons (Fsp3) is 0.0208. The van der Waals surface area contributed by atoms with Crippen LogP contribution in [0, 0.1) is 0 Å². The van der Waals surface area contributed by atoms with Crippen LogP contribution in [-0.2, 0) is 5.41 Å². The lowest BCUT2D eigenvalue weighted by Crippen LogP contribution is -2.32. The molecular formula is C48H29NOS. The molecule has 1 aliphatic heterocycles. The van der Waals surface area contributed by atoms with Crippen LogP contribution in [0.4, 0.5) is 0 Å². The second-order valence-electron chi connectivity index (χ2n) is 13.4. The summed E-state index contributed by atoms with van der Waals surface area (Å²) in [5.74, 6) is 1.82. The number of benzene rings is 7. The van der Waals surface area contributed by atoms with Gasteiger partial charge in [0.05, 0.1) is 16.8 Å². The first kappa shape index (κ1) is 28.5. The van der Waals surface area contributed by atoms with Crippen molar-refractivity contribution in [3.05, 3.63) is 198 Å².